The van der Waals surface area contributed by atoms with Crippen LogP contribution in [0.3, 0.4) is 0 Å². The fourth-order valence-electron chi connectivity index (χ4n) is 1.79. The molecule has 0 aliphatic rings. The van der Waals surface area contributed by atoms with E-state index < -0.39 is 5.54 Å². The summed E-state index contributed by atoms with van der Waals surface area (Å²) in [5.74, 6) is -0.186. The SMILES string of the molecule is CCC(C)(CCO)NC(=O)c1cccc(C)c1N. The molecular weight excluding hydrogens is 228 g/mol. The Balaban J connectivity index is 2.91. The smallest absolute Gasteiger partial charge is 0.253 e. The molecule has 0 saturated carbocycles. The van der Waals surface area contributed by atoms with Crippen LogP contribution in [-0.2, 0) is 0 Å². The normalized spacial score (nSPS) is 14.0. The summed E-state index contributed by atoms with van der Waals surface area (Å²) in [5.41, 5.74) is 7.40. The monoisotopic (exact) mass is 250 g/mol. The average Bonchev–Trinajstić information content (AvgIpc) is 2.32. The summed E-state index contributed by atoms with van der Waals surface area (Å²) in [6.45, 7) is 5.83. The standard InChI is InChI=1S/C14H22N2O2/c1-4-14(3,8-9-17)16-13(18)11-7-5-6-10(2)12(11)15/h5-7,17H,4,8-9,15H2,1-3H3,(H,16,18). The molecular formula is C14H22N2O2. The number of carbonyl (C=O) groups is 1. The lowest BCUT2D eigenvalue weighted by Gasteiger charge is -2.29. The molecule has 0 fully saturated rings. The van der Waals surface area contributed by atoms with Crippen molar-refractivity contribution in [1.29, 1.82) is 0 Å². The highest BCUT2D eigenvalue weighted by Crippen LogP contribution is 2.19. The van der Waals surface area contributed by atoms with Gasteiger partial charge in [-0.15, -0.1) is 0 Å². The van der Waals surface area contributed by atoms with E-state index in [1.807, 2.05) is 32.9 Å². The highest BCUT2D eigenvalue weighted by atomic mass is 16.3. The highest BCUT2D eigenvalue weighted by Gasteiger charge is 2.25. The van der Waals surface area contributed by atoms with Crippen molar-refractivity contribution < 1.29 is 9.90 Å². The molecule has 18 heavy (non-hydrogen) atoms. The molecule has 100 valence electrons. The highest BCUT2D eigenvalue weighted by molar-refractivity contribution is 6.00. The van der Waals surface area contributed by atoms with Crippen LogP contribution in [0.1, 0.15) is 42.6 Å². The molecule has 1 amide bonds. The van der Waals surface area contributed by atoms with E-state index in [2.05, 4.69) is 5.32 Å². The zero-order chi connectivity index (χ0) is 13.8. The summed E-state index contributed by atoms with van der Waals surface area (Å²) in [6, 6.07) is 5.40. The van der Waals surface area contributed by atoms with Crippen LogP contribution < -0.4 is 11.1 Å². The molecule has 4 nitrogen and oxygen atoms in total. The Labute approximate surface area is 108 Å². The van der Waals surface area contributed by atoms with Gasteiger partial charge in [-0.1, -0.05) is 19.1 Å². The largest absolute Gasteiger partial charge is 0.398 e. The summed E-state index contributed by atoms with van der Waals surface area (Å²) >= 11 is 0. The molecule has 0 radical (unpaired) electrons. The third-order valence-electron chi connectivity index (χ3n) is 3.43. The molecule has 0 heterocycles. The van der Waals surface area contributed by atoms with Crippen molar-refractivity contribution in [2.45, 2.75) is 39.2 Å². The molecule has 0 aliphatic heterocycles. The van der Waals surface area contributed by atoms with Gasteiger partial charge in [-0.05, 0) is 38.3 Å². The summed E-state index contributed by atoms with van der Waals surface area (Å²) in [4.78, 5) is 12.2. The number of anilines is 1. The molecule has 1 aromatic carbocycles. The van der Waals surface area contributed by atoms with Gasteiger partial charge in [0.25, 0.3) is 5.91 Å². The van der Waals surface area contributed by atoms with Crippen molar-refractivity contribution in [1.82, 2.24) is 5.32 Å². The third-order valence-corrected chi connectivity index (χ3v) is 3.43. The summed E-state index contributed by atoms with van der Waals surface area (Å²) in [5, 5.41) is 12.0. The van der Waals surface area contributed by atoms with Crippen molar-refractivity contribution in [3.63, 3.8) is 0 Å². The van der Waals surface area contributed by atoms with E-state index in [1.54, 1.807) is 6.07 Å². The zero-order valence-corrected chi connectivity index (χ0v) is 11.3. The van der Waals surface area contributed by atoms with Crippen molar-refractivity contribution in [2.75, 3.05) is 12.3 Å². The van der Waals surface area contributed by atoms with Crippen LogP contribution in [-0.4, -0.2) is 23.2 Å². The zero-order valence-electron chi connectivity index (χ0n) is 11.3. The molecule has 4 N–H and O–H groups in total. The third kappa shape index (κ3) is 3.23. The predicted octanol–water partition coefficient (Wildman–Crippen LogP) is 1.86. The molecule has 4 heteroatoms. The first-order valence-electron chi connectivity index (χ1n) is 6.22. The first kappa shape index (κ1) is 14.5. The Morgan fingerprint density at radius 1 is 1.50 bits per heavy atom. The number of aliphatic hydroxyl groups is 1. The number of amides is 1. The van der Waals surface area contributed by atoms with Gasteiger partial charge >= 0.3 is 0 Å². The first-order valence-corrected chi connectivity index (χ1v) is 6.22. The van der Waals surface area contributed by atoms with Crippen LogP contribution in [0.4, 0.5) is 5.69 Å². The number of benzene rings is 1. The molecule has 1 rings (SSSR count). The number of nitrogens with two attached hydrogens (primary N) is 1. The van der Waals surface area contributed by atoms with Crippen LogP contribution in [0.25, 0.3) is 0 Å². The fraction of sp³-hybridized carbons (Fsp3) is 0.500. The Kier molecular flexibility index (Phi) is 4.73. The van der Waals surface area contributed by atoms with Gasteiger partial charge in [0.1, 0.15) is 0 Å². The van der Waals surface area contributed by atoms with Crippen molar-refractivity contribution >= 4 is 11.6 Å². The molecule has 0 saturated heterocycles. The predicted molar refractivity (Wildman–Crippen MR) is 73.5 cm³/mol. The summed E-state index contributed by atoms with van der Waals surface area (Å²) < 4.78 is 0. The molecule has 0 spiro atoms. The molecule has 0 bridgehead atoms. The van der Waals surface area contributed by atoms with E-state index >= 15 is 0 Å². The second kappa shape index (κ2) is 5.87. The number of nitrogen functional groups attached to an aromatic ring is 1. The molecule has 1 unspecified atom stereocenters. The Bertz CT molecular complexity index is 432. The number of para-hydroxylation sites is 1. The van der Waals surface area contributed by atoms with Gasteiger partial charge in [0.15, 0.2) is 0 Å². The van der Waals surface area contributed by atoms with Gasteiger partial charge in [-0.2, -0.15) is 0 Å². The number of hydrogen-bond acceptors (Lipinski definition) is 3. The number of carbonyl (C=O) groups excluding carboxylic acids is 1. The maximum atomic E-state index is 12.2. The minimum absolute atomic E-state index is 0.0495. The lowest BCUT2D eigenvalue weighted by atomic mass is 9.94. The number of hydrogen-bond donors (Lipinski definition) is 3. The van der Waals surface area contributed by atoms with Crippen LogP contribution in [0, 0.1) is 6.92 Å². The minimum Gasteiger partial charge on any atom is -0.398 e. The van der Waals surface area contributed by atoms with Gasteiger partial charge in [-0.25, -0.2) is 0 Å². The van der Waals surface area contributed by atoms with Crippen LogP contribution in [0.2, 0.25) is 0 Å². The van der Waals surface area contributed by atoms with Crippen LogP contribution in [0.5, 0.6) is 0 Å². The van der Waals surface area contributed by atoms with E-state index in [-0.39, 0.29) is 12.5 Å². The quantitative estimate of drug-likeness (QED) is 0.698. The molecule has 0 aliphatic carbocycles. The number of nitrogens with one attached hydrogen (secondary N) is 1. The Morgan fingerprint density at radius 2 is 2.17 bits per heavy atom. The topological polar surface area (TPSA) is 75.3 Å². The van der Waals surface area contributed by atoms with E-state index in [1.165, 1.54) is 0 Å². The van der Waals surface area contributed by atoms with E-state index in [0.717, 1.165) is 12.0 Å². The number of rotatable bonds is 5. The fourth-order valence-corrected chi connectivity index (χ4v) is 1.79. The Hall–Kier alpha value is -1.55. The minimum atomic E-state index is -0.401. The second-order valence-corrected chi connectivity index (χ2v) is 4.88. The van der Waals surface area contributed by atoms with E-state index in [9.17, 15) is 4.79 Å². The maximum Gasteiger partial charge on any atom is 0.253 e. The number of aliphatic hydroxyl groups excluding tert-OH is 1. The van der Waals surface area contributed by atoms with E-state index in [0.29, 0.717) is 17.7 Å². The van der Waals surface area contributed by atoms with Gasteiger partial charge < -0.3 is 16.2 Å². The lowest BCUT2D eigenvalue weighted by Crippen LogP contribution is -2.46. The molecule has 1 aromatic rings. The lowest BCUT2D eigenvalue weighted by molar-refractivity contribution is 0.0887. The van der Waals surface area contributed by atoms with Crippen molar-refractivity contribution in [3.05, 3.63) is 29.3 Å². The van der Waals surface area contributed by atoms with Gasteiger partial charge in [0, 0.05) is 17.8 Å². The first-order chi connectivity index (χ1) is 8.43. The van der Waals surface area contributed by atoms with Crippen LogP contribution in [0.15, 0.2) is 18.2 Å². The van der Waals surface area contributed by atoms with Crippen molar-refractivity contribution in [2.24, 2.45) is 0 Å². The van der Waals surface area contributed by atoms with Gasteiger partial charge in [-0.3, -0.25) is 4.79 Å². The van der Waals surface area contributed by atoms with Crippen LogP contribution >= 0.6 is 0 Å². The molecule has 0 aromatic heterocycles. The number of aryl methyl sites for hydroxylation is 1. The van der Waals surface area contributed by atoms with E-state index in [4.69, 9.17) is 10.8 Å². The van der Waals surface area contributed by atoms with Gasteiger partial charge in [0.2, 0.25) is 0 Å². The maximum absolute atomic E-state index is 12.2. The summed E-state index contributed by atoms with van der Waals surface area (Å²) in [6.07, 6.45) is 1.28. The van der Waals surface area contributed by atoms with Crippen molar-refractivity contribution in [3.8, 4) is 0 Å². The summed E-state index contributed by atoms with van der Waals surface area (Å²) in [7, 11) is 0. The second-order valence-electron chi connectivity index (χ2n) is 4.88. The molecule has 1 atom stereocenters. The average molecular weight is 250 g/mol. The Morgan fingerprint density at radius 3 is 2.72 bits per heavy atom. The van der Waals surface area contributed by atoms with Gasteiger partial charge in [0.05, 0.1) is 5.56 Å².